The van der Waals surface area contributed by atoms with Crippen LogP contribution >= 0.6 is 0 Å². The Bertz CT molecular complexity index is 860. The number of nitrogens with zero attached hydrogens (tertiary/aromatic N) is 4. The van der Waals surface area contributed by atoms with Crippen molar-refractivity contribution in [3.05, 3.63) is 53.3 Å². The van der Waals surface area contributed by atoms with Crippen LogP contribution < -0.4 is 11.1 Å². The molecule has 0 radical (unpaired) electrons. The van der Waals surface area contributed by atoms with E-state index in [1.165, 1.54) is 0 Å². The Morgan fingerprint density at radius 2 is 1.96 bits per heavy atom. The lowest BCUT2D eigenvalue weighted by Crippen LogP contribution is -2.11. The second-order valence-corrected chi connectivity index (χ2v) is 5.97. The van der Waals surface area contributed by atoms with E-state index in [4.69, 9.17) is 10.3 Å². The number of nitrogens with one attached hydrogen (secondary N) is 1. The monoisotopic (exact) mass is 338 g/mol. The molecule has 0 aliphatic carbocycles. The summed E-state index contributed by atoms with van der Waals surface area (Å²) < 4.78 is 5.43. The quantitative estimate of drug-likeness (QED) is 0.712. The number of nitrogens with two attached hydrogens (primary N) is 1. The van der Waals surface area contributed by atoms with Crippen molar-refractivity contribution in [1.29, 1.82) is 0 Å². The van der Waals surface area contributed by atoms with Gasteiger partial charge in [-0.05, 0) is 32.9 Å². The lowest BCUT2D eigenvalue weighted by molar-refractivity contribution is 0.367. The molecule has 25 heavy (non-hydrogen) atoms. The summed E-state index contributed by atoms with van der Waals surface area (Å²) in [6.45, 7) is 6.39. The Kier molecular flexibility index (Phi) is 5.04. The smallest absolute Gasteiger partial charge is 0.249 e. The van der Waals surface area contributed by atoms with Gasteiger partial charge >= 0.3 is 0 Å². The predicted molar refractivity (Wildman–Crippen MR) is 96.0 cm³/mol. The molecule has 0 aliphatic heterocycles. The average molecular weight is 338 g/mol. The molecule has 0 spiro atoms. The topological polar surface area (TPSA) is 103 Å². The van der Waals surface area contributed by atoms with Gasteiger partial charge in [0.05, 0.1) is 0 Å². The third-order valence-electron chi connectivity index (χ3n) is 3.85. The van der Waals surface area contributed by atoms with E-state index in [0.29, 0.717) is 30.5 Å². The van der Waals surface area contributed by atoms with E-state index in [-0.39, 0.29) is 6.04 Å². The number of benzene rings is 1. The molecular formula is C18H22N6O. The zero-order valence-electron chi connectivity index (χ0n) is 14.7. The second-order valence-electron chi connectivity index (χ2n) is 5.97. The normalized spacial score (nSPS) is 12.2. The van der Waals surface area contributed by atoms with E-state index in [1.54, 1.807) is 0 Å². The van der Waals surface area contributed by atoms with Gasteiger partial charge in [-0.15, -0.1) is 0 Å². The first-order valence-corrected chi connectivity index (χ1v) is 8.27. The van der Waals surface area contributed by atoms with Crippen LogP contribution in [0.2, 0.25) is 0 Å². The van der Waals surface area contributed by atoms with Crippen LogP contribution in [0.15, 0.2) is 34.9 Å². The largest absolute Gasteiger partial charge is 0.358 e. The van der Waals surface area contributed by atoms with Crippen LogP contribution in [0, 0.1) is 13.8 Å². The van der Waals surface area contributed by atoms with Crippen molar-refractivity contribution in [3.63, 3.8) is 0 Å². The Labute approximate surface area is 146 Å². The SMILES string of the molecule is Cc1nc(CCN)cc(N[C@H](C)c2nc(-c3ccccc3C)no2)n1. The molecule has 0 bridgehead atoms. The summed E-state index contributed by atoms with van der Waals surface area (Å²) in [6.07, 6.45) is 0.713. The van der Waals surface area contributed by atoms with Gasteiger partial charge in [0.1, 0.15) is 17.7 Å². The van der Waals surface area contributed by atoms with E-state index in [0.717, 1.165) is 22.6 Å². The number of aryl methyl sites for hydroxylation is 2. The van der Waals surface area contributed by atoms with Gasteiger partial charge in [0.2, 0.25) is 11.7 Å². The van der Waals surface area contributed by atoms with Crippen molar-refractivity contribution in [1.82, 2.24) is 20.1 Å². The number of hydrogen-bond donors (Lipinski definition) is 2. The van der Waals surface area contributed by atoms with Gasteiger partial charge in [0.15, 0.2) is 0 Å². The number of rotatable bonds is 6. The number of anilines is 1. The highest BCUT2D eigenvalue weighted by molar-refractivity contribution is 5.59. The van der Waals surface area contributed by atoms with E-state index in [9.17, 15) is 0 Å². The molecule has 0 amide bonds. The van der Waals surface area contributed by atoms with Crippen LogP contribution in [0.25, 0.3) is 11.4 Å². The molecule has 0 saturated carbocycles. The molecule has 7 heteroatoms. The highest BCUT2D eigenvalue weighted by Gasteiger charge is 2.17. The molecule has 130 valence electrons. The fraction of sp³-hybridized carbons (Fsp3) is 0.333. The molecule has 7 nitrogen and oxygen atoms in total. The fourth-order valence-electron chi connectivity index (χ4n) is 2.61. The number of aromatic nitrogens is 4. The van der Waals surface area contributed by atoms with Crippen LogP contribution in [0.4, 0.5) is 5.82 Å². The van der Waals surface area contributed by atoms with Crippen LogP contribution in [0.5, 0.6) is 0 Å². The fourth-order valence-corrected chi connectivity index (χ4v) is 2.61. The van der Waals surface area contributed by atoms with Crippen LogP contribution in [-0.4, -0.2) is 26.7 Å². The summed E-state index contributed by atoms with van der Waals surface area (Å²) in [5, 5.41) is 7.39. The maximum Gasteiger partial charge on any atom is 0.249 e. The zero-order chi connectivity index (χ0) is 17.8. The van der Waals surface area contributed by atoms with Crippen LogP contribution in [0.1, 0.15) is 35.9 Å². The highest BCUT2D eigenvalue weighted by Crippen LogP contribution is 2.23. The molecule has 3 N–H and O–H groups in total. The number of hydrogen-bond acceptors (Lipinski definition) is 7. The van der Waals surface area contributed by atoms with Crippen molar-refractivity contribution in [3.8, 4) is 11.4 Å². The van der Waals surface area contributed by atoms with E-state index in [2.05, 4.69) is 25.4 Å². The maximum atomic E-state index is 5.61. The summed E-state index contributed by atoms with van der Waals surface area (Å²) in [6, 6.07) is 9.67. The minimum Gasteiger partial charge on any atom is -0.358 e. The lowest BCUT2D eigenvalue weighted by atomic mass is 10.1. The van der Waals surface area contributed by atoms with Crippen molar-refractivity contribution in [2.45, 2.75) is 33.2 Å². The van der Waals surface area contributed by atoms with Crippen molar-refractivity contribution in [2.24, 2.45) is 5.73 Å². The molecular weight excluding hydrogens is 316 g/mol. The second kappa shape index (κ2) is 7.40. The van der Waals surface area contributed by atoms with Gasteiger partial charge in [-0.2, -0.15) is 4.98 Å². The Morgan fingerprint density at radius 1 is 1.16 bits per heavy atom. The minimum atomic E-state index is -0.176. The summed E-state index contributed by atoms with van der Waals surface area (Å²) >= 11 is 0. The van der Waals surface area contributed by atoms with E-state index < -0.39 is 0 Å². The first-order chi connectivity index (χ1) is 12.1. The lowest BCUT2D eigenvalue weighted by Gasteiger charge is -2.12. The Balaban J connectivity index is 1.78. The molecule has 0 aliphatic rings. The third kappa shape index (κ3) is 4.00. The van der Waals surface area contributed by atoms with Crippen molar-refractivity contribution in [2.75, 3.05) is 11.9 Å². The molecule has 0 unspecified atom stereocenters. The molecule has 3 aromatic rings. The predicted octanol–water partition coefficient (Wildman–Crippen LogP) is 2.82. The molecule has 2 aromatic heterocycles. The first kappa shape index (κ1) is 17.0. The Morgan fingerprint density at radius 3 is 2.72 bits per heavy atom. The van der Waals surface area contributed by atoms with Crippen molar-refractivity contribution >= 4 is 5.82 Å². The minimum absolute atomic E-state index is 0.176. The maximum absolute atomic E-state index is 5.61. The van der Waals surface area contributed by atoms with E-state index >= 15 is 0 Å². The van der Waals surface area contributed by atoms with Gasteiger partial charge in [0.25, 0.3) is 0 Å². The van der Waals surface area contributed by atoms with Gasteiger partial charge in [0, 0.05) is 23.7 Å². The molecule has 1 aromatic carbocycles. The molecule has 1 atom stereocenters. The Hall–Kier alpha value is -2.80. The molecule has 2 heterocycles. The van der Waals surface area contributed by atoms with Crippen molar-refractivity contribution < 1.29 is 4.52 Å². The molecule has 3 rings (SSSR count). The van der Waals surface area contributed by atoms with Gasteiger partial charge < -0.3 is 15.6 Å². The van der Waals surface area contributed by atoms with E-state index in [1.807, 2.05) is 51.1 Å². The van der Waals surface area contributed by atoms with Gasteiger partial charge in [-0.25, -0.2) is 9.97 Å². The first-order valence-electron chi connectivity index (χ1n) is 8.27. The van der Waals surface area contributed by atoms with Gasteiger partial charge in [-0.1, -0.05) is 29.4 Å². The summed E-state index contributed by atoms with van der Waals surface area (Å²) in [5.41, 5.74) is 8.59. The van der Waals surface area contributed by atoms with Crippen LogP contribution in [0.3, 0.4) is 0 Å². The summed E-state index contributed by atoms with van der Waals surface area (Å²) in [7, 11) is 0. The average Bonchev–Trinajstić information content (AvgIpc) is 3.05. The summed E-state index contributed by atoms with van der Waals surface area (Å²) in [4.78, 5) is 13.3. The molecule has 0 saturated heterocycles. The van der Waals surface area contributed by atoms with Gasteiger partial charge in [-0.3, -0.25) is 0 Å². The standard InChI is InChI=1S/C18H22N6O/c1-11-6-4-5-7-15(11)17-23-18(25-24-17)12(2)20-16-10-14(8-9-19)21-13(3)22-16/h4-7,10,12H,8-9,19H2,1-3H3,(H,20,21,22)/t12-/m1/s1. The third-order valence-corrected chi connectivity index (χ3v) is 3.85. The summed E-state index contributed by atoms with van der Waals surface area (Å²) in [5.74, 6) is 2.52. The van der Waals surface area contributed by atoms with Crippen LogP contribution in [-0.2, 0) is 6.42 Å². The highest BCUT2D eigenvalue weighted by atomic mass is 16.5. The zero-order valence-corrected chi connectivity index (χ0v) is 14.7. The molecule has 0 fully saturated rings.